The van der Waals surface area contributed by atoms with Crippen LogP contribution in [0.4, 0.5) is 0 Å². The molecule has 0 aliphatic carbocycles. The third kappa shape index (κ3) is 3.90. The van der Waals surface area contributed by atoms with Crippen molar-refractivity contribution in [2.75, 3.05) is 26.3 Å². The number of ether oxygens (including phenoxy) is 2. The van der Waals surface area contributed by atoms with Crippen LogP contribution in [0.15, 0.2) is 54.6 Å². The summed E-state index contributed by atoms with van der Waals surface area (Å²) in [7, 11) is 0. The van der Waals surface area contributed by atoms with Crippen molar-refractivity contribution in [1.82, 2.24) is 4.90 Å². The molecule has 0 aromatic heterocycles. The Kier molecular flexibility index (Phi) is 4.93. The molecule has 1 heterocycles. The summed E-state index contributed by atoms with van der Waals surface area (Å²) in [6.45, 7) is 3.77. The van der Waals surface area contributed by atoms with Crippen molar-refractivity contribution in [3.8, 4) is 5.75 Å². The molecule has 1 atom stereocenters. The zero-order valence-electron chi connectivity index (χ0n) is 13.3. The van der Waals surface area contributed by atoms with Crippen LogP contribution in [0.2, 0.25) is 0 Å². The van der Waals surface area contributed by atoms with Gasteiger partial charge in [0.15, 0.2) is 6.61 Å². The third-order valence-electron chi connectivity index (χ3n) is 4.04. The fourth-order valence-corrected chi connectivity index (χ4v) is 2.69. The van der Waals surface area contributed by atoms with E-state index in [1.54, 1.807) is 0 Å². The number of aryl methyl sites for hydroxylation is 1. The van der Waals surface area contributed by atoms with Crippen molar-refractivity contribution in [2.45, 2.75) is 13.0 Å². The number of benzene rings is 2. The quantitative estimate of drug-likeness (QED) is 0.871. The molecule has 120 valence electrons. The number of nitrogens with zero attached hydrogens (tertiary/aromatic N) is 1. The van der Waals surface area contributed by atoms with Gasteiger partial charge in [0.25, 0.3) is 5.91 Å². The average Bonchev–Trinajstić information content (AvgIpc) is 2.62. The molecule has 1 saturated heterocycles. The van der Waals surface area contributed by atoms with Crippen LogP contribution < -0.4 is 4.74 Å². The molecule has 3 rings (SSSR count). The first-order chi connectivity index (χ1) is 11.2. The number of hydrogen-bond acceptors (Lipinski definition) is 3. The number of rotatable bonds is 4. The number of para-hydroxylation sites is 1. The van der Waals surface area contributed by atoms with E-state index in [2.05, 4.69) is 0 Å². The first kappa shape index (κ1) is 15.6. The molecule has 1 fully saturated rings. The molecule has 2 aromatic carbocycles. The van der Waals surface area contributed by atoms with Crippen LogP contribution >= 0.6 is 0 Å². The van der Waals surface area contributed by atoms with Crippen LogP contribution in [0.1, 0.15) is 17.2 Å². The second-order valence-corrected chi connectivity index (χ2v) is 5.66. The lowest BCUT2D eigenvalue weighted by Gasteiger charge is -2.33. The SMILES string of the molecule is Cc1ccccc1OCC(=O)N1CCOC(c2ccccc2)C1. The zero-order chi connectivity index (χ0) is 16.1. The van der Waals surface area contributed by atoms with Crippen molar-refractivity contribution in [3.63, 3.8) is 0 Å². The second kappa shape index (κ2) is 7.29. The molecule has 23 heavy (non-hydrogen) atoms. The highest BCUT2D eigenvalue weighted by molar-refractivity contribution is 5.78. The Hall–Kier alpha value is -2.33. The monoisotopic (exact) mass is 311 g/mol. The summed E-state index contributed by atoms with van der Waals surface area (Å²) in [6, 6.07) is 17.7. The minimum atomic E-state index is -0.0626. The van der Waals surface area contributed by atoms with Gasteiger partial charge in [-0.2, -0.15) is 0 Å². The summed E-state index contributed by atoms with van der Waals surface area (Å²) in [5.41, 5.74) is 2.13. The van der Waals surface area contributed by atoms with Gasteiger partial charge in [-0.25, -0.2) is 0 Å². The van der Waals surface area contributed by atoms with Gasteiger partial charge in [0.1, 0.15) is 11.9 Å². The topological polar surface area (TPSA) is 38.8 Å². The molecule has 0 bridgehead atoms. The van der Waals surface area contributed by atoms with E-state index in [0.717, 1.165) is 16.9 Å². The molecule has 1 unspecified atom stereocenters. The smallest absolute Gasteiger partial charge is 0.260 e. The standard InChI is InChI=1S/C19H21NO3/c1-15-7-5-6-10-17(15)23-14-19(21)20-11-12-22-18(13-20)16-8-3-2-4-9-16/h2-10,18H,11-14H2,1H3. The molecule has 2 aromatic rings. The molecule has 4 heteroatoms. The van der Waals surface area contributed by atoms with Crippen molar-refractivity contribution in [1.29, 1.82) is 0 Å². The van der Waals surface area contributed by atoms with Crippen LogP contribution in [-0.2, 0) is 9.53 Å². The van der Waals surface area contributed by atoms with E-state index in [1.807, 2.05) is 66.4 Å². The van der Waals surface area contributed by atoms with Gasteiger partial charge in [-0.05, 0) is 24.1 Å². The fourth-order valence-electron chi connectivity index (χ4n) is 2.69. The predicted octanol–water partition coefficient (Wildman–Crippen LogP) is 2.97. The first-order valence-electron chi connectivity index (χ1n) is 7.87. The molecular weight excluding hydrogens is 290 g/mol. The number of morpholine rings is 1. The van der Waals surface area contributed by atoms with Crippen LogP contribution in [0.5, 0.6) is 5.75 Å². The van der Waals surface area contributed by atoms with E-state index in [4.69, 9.17) is 9.47 Å². The van der Waals surface area contributed by atoms with Crippen LogP contribution in [0.25, 0.3) is 0 Å². The van der Waals surface area contributed by atoms with E-state index in [1.165, 1.54) is 0 Å². The first-order valence-corrected chi connectivity index (χ1v) is 7.87. The molecule has 1 aliphatic rings. The third-order valence-corrected chi connectivity index (χ3v) is 4.04. The maximum absolute atomic E-state index is 12.4. The summed E-state index contributed by atoms with van der Waals surface area (Å²) in [6.07, 6.45) is -0.0626. The highest BCUT2D eigenvalue weighted by Crippen LogP contribution is 2.22. The van der Waals surface area contributed by atoms with E-state index < -0.39 is 0 Å². The average molecular weight is 311 g/mol. The molecule has 1 aliphatic heterocycles. The van der Waals surface area contributed by atoms with Crippen molar-refractivity contribution in [3.05, 3.63) is 65.7 Å². The second-order valence-electron chi connectivity index (χ2n) is 5.66. The maximum Gasteiger partial charge on any atom is 0.260 e. The van der Waals surface area contributed by atoms with E-state index in [0.29, 0.717) is 19.7 Å². The number of amides is 1. The lowest BCUT2D eigenvalue weighted by atomic mass is 10.1. The Morgan fingerprint density at radius 1 is 1.17 bits per heavy atom. The maximum atomic E-state index is 12.4. The minimum absolute atomic E-state index is 0.00233. The lowest BCUT2D eigenvalue weighted by molar-refractivity contribution is -0.141. The van der Waals surface area contributed by atoms with Gasteiger partial charge in [-0.1, -0.05) is 48.5 Å². The Morgan fingerprint density at radius 2 is 1.91 bits per heavy atom. The van der Waals surface area contributed by atoms with Gasteiger partial charge in [0, 0.05) is 6.54 Å². The summed E-state index contributed by atoms with van der Waals surface area (Å²) in [4.78, 5) is 14.2. The lowest BCUT2D eigenvalue weighted by Crippen LogP contribution is -2.44. The molecule has 0 N–H and O–H groups in total. The molecule has 0 radical (unpaired) electrons. The van der Waals surface area contributed by atoms with Crippen LogP contribution in [0, 0.1) is 6.92 Å². The van der Waals surface area contributed by atoms with Crippen molar-refractivity contribution in [2.24, 2.45) is 0 Å². The highest BCUT2D eigenvalue weighted by Gasteiger charge is 2.25. The summed E-state index contributed by atoms with van der Waals surface area (Å²) < 4.78 is 11.5. The van der Waals surface area contributed by atoms with E-state index >= 15 is 0 Å². The van der Waals surface area contributed by atoms with Gasteiger partial charge in [-0.15, -0.1) is 0 Å². The molecule has 1 amide bonds. The minimum Gasteiger partial charge on any atom is -0.484 e. The Labute approximate surface area is 136 Å². The van der Waals surface area contributed by atoms with E-state index in [-0.39, 0.29) is 18.6 Å². The fraction of sp³-hybridized carbons (Fsp3) is 0.316. The summed E-state index contributed by atoms with van der Waals surface area (Å²) >= 11 is 0. The van der Waals surface area contributed by atoms with Gasteiger partial charge in [0.05, 0.1) is 13.2 Å². The van der Waals surface area contributed by atoms with E-state index in [9.17, 15) is 4.79 Å². The van der Waals surface area contributed by atoms with Gasteiger partial charge >= 0.3 is 0 Å². The molecule has 0 saturated carbocycles. The highest BCUT2D eigenvalue weighted by atomic mass is 16.5. The van der Waals surface area contributed by atoms with Crippen molar-refractivity contribution >= 4 is 5.91 Å². The summed E-state index contributed by atoms with van der Waals surface area (Å²) in [5.74, 6) is 0.756. The normalized spacial score (nSPS) is 17.8. The number of carbonyl (C=O) groups is 1. The Morgan fingerprint density at radius 3 is 2.70 bits per heavy atom. The number of carbonyl (C=O) groups excluding carboxylic acids is 1. The summed E-state index contributed by atoms with van der Waals surface area (Å²) in [5, 5.41) is 0. The molecular formula is C19H21NO3. The van der Waals surface area contributed by atoms with Crippen LogP contribution in [0.3, 0.4) is 0 Å². The zero-order valence-corrected chi connectivity index (χ0v) is 13.3. The van der Waals surface area contributed by atoms with Crippen LogP contribution in [-0.4, -0.2) is 37.1 Å². The predicted molar refractivity (Wildman–Crippen MR) is 88.4 cm³/mol. The molecule has 4 nitrogen and oxygen atoms in total. The number of hydrogen-bond donors (Lipinski definition) is 0. The Balaban J connectivity index is 1.58. The van der Waals surface area contributed by atoms with Gasteiger partial charge in [0.2, 0.25) is 0 Å². The largest absolute Gasteiger partial charge is 0.484 e. The molecule has 0 spiro atoms. The van der Waals surface area contributed by atoms with Crippen molar-refractivity contribution < 1.29 is 14.3 Å². The Bertz CT molecular complexity index is 657. The van der Waals surface area contributed by atoms with Gasteiger partial charge in [-0.3, -0.25) is 4.79 Å². The van der Waals surface area contributed by atoms with Gasteiger partial charge < -0.3 is 14.4 Å².